The van der Waals surface area contributed by atoms with Gasteiger partial charge >= 0.3 is 0 Å². The molecule has 9 nitrogen and oxygen atoms in total. The molecular weight excluding hydrogens is 527 g/mol. The number of carbonyl (C=O) groups excluding carboxylic acids is 5. The van der Waals surface area contributed by atoms with E-state index >= 15 is 0 Å². The molecule has 0 aliphatic carbocycles. The van der Waals surface area contributed by atoms with Crippen LogP contribution in [0.4, 0.5) is 10.1 Å². The van der Waals surface area contributed by atoms with E-state index in [2.05, 4.69) is 16.0 Å². The SMILES string of the molecule is CC(=O)N[C@@H](Cc1ccc(F)cc1)C(=O)C[C@@H](CC(C)(C)C)C(=O)N1C[C@]2(C[C@H]1NC=O)C(=O)Nc1ccccc12. The third-order valence-electron chi connectivity index (χ3n) is 7.80. The van der Waals surface area contributed by atoms with Crippen LogP contribution in [-0.4, -0.2) is 53.6 Å². The zero-order valence-corrected chi connectivity index (χ0v) is 23.8. The fraction of sp³-hybridized carbons (Fsp3) is 0.452. The van der Waals surface area contributed by atoms with Gasteiger partial charge in [0.25, 0.3) is 0 Å². The molecule has 10 heteroatoms. The number of anilines is 1. The molecule has 4 rings (SSSR count). The monoisotopic (exact) mass is 564 g/mol. The fourth-order valence-electron chi connectivity index (χ4n) is 6.05. The van der Waals surface area contributed by atoms with Crippen LogP contribution < -0.4 is 16.0 Å². The van der Waals surface area contributed by atoms with Crippen LogP contribution in [0.15, 0.2) is 48.5 Å². The van der Waals surface area contributed by atoms with Gasteiger partial charge in [0.2, 0.25) is 24.1 Å². The summed E-state index contributed by atoms with van der Waals surface area (Å²) in [7, 11) is 0. The lowest BCUT2D eigenvalue weighted by Gasteiger charge is -2.32. The molecule has 2 aromatic rings. The predicted octanol–water partition coefficient (Wildman–Crippen LogP) is 3.08. The molecule has 1 saturated heterocycles. The molecule has 2 aliphatic rings. The number of nitrogens with zero attached hydrogens (tertiary/aromatic N) is 1. The summed E-state index contributed by atoms with van der Waals surface area (Å²) < 4.78 is 13.4. The van der Waals surface area contributed by atoms with Crippen molar-refractivity contribution >= 4 is 35.6 Å². The molecule has 3 N–H and O–H groups in total. The molecule has 0 aromatic heterocycles. The smallest absolute Gasteiger partial charge is 0.237 e. The number of para-hydroxylation sites is 1. The van der Waals surface area contributed by atoms with E-state index in [1.807, 2.05) is 39.0 Å². The fourth-order valence-corrected chi connectivity index (χ4v) is 6.05. The number of ketones is 1. The molecule has 2 heterocycles. The predicted molar refractivity (Wildman–Crippen MR) is 151 cm³/mol. The number of amides is 4. The van der Waals surface area contributed by atoms with Crippen molar-refractivity contribution in [3.8, 4) is 0 Å². The first-order valence-electron chi connectivity index (χ1n) is 13.8. The molecule has 2 aromatic carbocycles. The molecule has 2 aliphatic heterocycles. The molecule has 4 atom stereocenters. The third kappa shape index (κ3) is 6.64. The van der Waals surface area contributed by atoms with Gasteiger partial charge in [-0.1, -0.05) is 51.1 Å². The molecule has 0 unspecified atom stereocenters. The largest absolute Gasteiger partial charge is 0.346 e. The quantitative estimate of drug-likeness (QED) is 0.383. The van der Waals surface area contributed by atoms with Gasteiger partial charge in [-0.15, -0.1) is 0 Å². The molecule has 0 saturated carbocycles. The van der Waals surface area contributed by atoms with Gasteiger partial charge < -0.3 is 20.9 Å². The Morgan fingerprint density at radius 1 is 1.15 bits per heavy atom. The highest BCUT2D eigenvalue weighted by Crippen LogP contribution is 2.46. The summed E-state index contributed by atoms with van der Waals surface area (Å²) in [4.78, 5) is 66.1. The third-order valence-corrected chi connectivity index (χ3v) is 7.80. The minimum Gasteiger partial charge on any atom is -0.346 e. The van der Waals surface area contributed by atoms with Gasteiger partial charge in [0, 0.05) is 37.9 Å². The zero-order chi connectivity index (χ0) is 29.9. The molecule has 1 fully saturated rings. The Bertz CT molecular complexity index is 1340. The summed E-state index contributed by atoms with van der Waals surface area (Å²) in [5.74, 6) is -2.48. The first kappa shape index (κ1) is 29.9. The highest BCUT2D eigenvalue weighted by atomic mass is 19.1. The van der Waals surface area contributed by atoms with E-state index in [1.54, 1.807) is 18.2 Å². The minimum atomic E-state index is -1.02. The second kappa shape index (κ2) is 11.8. The van der Waals surface area contributed by atoms with E-state index in [9.17, 15) is 28.4 Å². The molecule has 218 valence electrons. The van der Waals surface area contributed by atoms with Crippen molar-refractivity contribution in [3.63, 3.8) is 0 Å². The summed E-state index contributed by atoms with van der Waals surface area (Å²) in [6, 6.07) is 12.1. The number of Topliss-reactive ketones (excluding diaryl/α,β-unsaturated/α-hetero) is 1. The van der Waals surface area contributed by atoms with Crippen molar-refractivity contribution in [2.24, 2.45) is 11.3 Å². The van der Waals surface area contributed by atoms with Crippen LogP contribution in [0.25, 0.3) is 0 Å². The van der Waals surface area contributed by atoms with Gasteiger partial charge in [0.15, 0.2) is 5.78 Å². The number of hydrogen-bond acceptors (Lipinski definition) is 5. The van der Waals surface area contributed by atoms with Crippen LogP contribution in [0.2, 0.25) is 0 Å². The number of benzene rings is 2. The number of hydrogen-bond donors (Lipinski definition) is 3. The van der Waals surface area contributed by atoms with Crippen molar-refractivity contribution < 1.29 is 28.4 Å². The lowest BCUT2D eigenvalue weighted by Crippen LogP contribution is -2.49. The average molecular weight is 565 g/mol. The molecule has 41 heavy (non-hydrogen) atoms. The van der Waals surface area contributed by atoms with Crippen LogP contribution in [0, 0.1) is 17.2 Å². The van der Waals surface area contributed by atoms with E-state index in [-0.39, 0.29) is 48.8 Å². The van der Waals surface area contributed by atoms with Crippen LogP contribution in [0.5, 0.6) is 0 Å². The van der Waals surface area contributed by atoms with Crippen LogP contribution in [0.1, 0.15) is 58.1 Å². The Labute approximate surface area is 239 Å². The van der Waals surface area contributed by atoms with Gasteiger partial charge in [0.1, 0.15) is 12.0 Å². The maximum Gasteiger partial charge on any atom is 0.237 e. The lowest BCUT2D eigenvalue weighted by atomic mass is 9.80. The molecule has 4 amide bonds. The summed E-state index contributed by atoms with van der Waals surface area (Å²) in [5.41, 5.74) is 0.761. The summed E-state index contributed by atoms with van der Waals surface area (Å²) in [6.07, 6.45) is 0.342. The molecule has 1 spiro atoms. The molecular formula is C31H37FN4O5. The van der Waals surface area contributed by atoms with Crippen molar-refractivity contribution in [2.45, 2.75) is 71.0 Å². The summed E-state index contributed by atoms with van der Waals surface area (Å²) >= 11 is 0. The number of nitrogens with one attached hydrogen (secondary N) is 3. The number of rotatable bonds is 10. The lowest BCUT2D eigenvalue weighted by molar-refractivity contribution is -0.141. The number of fused-ring (bicyclic) bond motifs is 2. The van der Waals surface area contributed by atoms with Crippen LogP contribution in [0.3, 0.4) is 0 Å². The van der Waals surface area contributed by atoms with Crippen molar-refractivity contribution in [3.05, 3.63) is 65.5 Å². The topological polar surface area (TPSA) is 125 Å². The van der Waals surface area contributed by atoms with E-state index in [1.165, 1.54) is 24.0 Å². The molecule has 0 bridgehead atoms. The Kier molecular flexibility index (Phi) is 8.60. The standard InChI is InChI=1S/C31H37FN4O5/c1-19(38)34-25(13-20-9-11-22(32)12-10-20)26(39)14-21(15-30(2,3)4)28(40)36-17-31(16-27(36)33-18-37)23-7-5-6-8-24(23)35-29(31)41/h5-12,18,21,25,27H,13-17H2,1-4H3,(H,33,37)(H,34,38)(H,35,41)/t21-,25-,27-,31-/m0/s1. The zero-order valence-electron chi connectivity index (χ0n) is 23.8. The number of likely N-dealkylation sites (tertiary alicyclic amines) is 1. The van der Waals surface area contributed by atoms with Gasteiger partial charge in [-0.2, -0.15) is 0 Å². The van der Waals surface area contributed by atoms with E-state index < -0.39 is 35.3 Å². The average Bonchev–Trinajstić information content (AvgIpc) is 3.41. The van der Waals surface area contributed by atoms with Gasteiger partial charge in [-0.25, -0.2) is 4.39 Å². The maximum atomic E-state index is 14.2. The van der Waals surface area contributed by atoms with Crippen LogP contribution >= 0.6 is 0 Å². The Morgan fingerprint density at radius 2 is 1.83 bits per heavy atom. The maximum absolute atomic E-state index is 14.2. The summed E-state index contributed by atoms with van der Waals surface area (Å²) in [6.45, 7) is 7.27. The Hall–Kier alpha value is -4.08. The Morgan fingerprint density at radius 3 is 2.46 bits per heavy atom. The van der Waals surface area contributed by atoms with E-state index in [4.69, 9.17) is 0 Å². The van der Waals surface area contributed by atoms with E-state index in [0.29, 0.717) is 24.1 Å². The van der Waals surface area contributed by atoms with Gasteiger partial charge in [-0.3, -0.25) is 24.0 Å². The minimum absolute atomic E-state index is 0.0553. The van der Waals surface area contributed by atoms with Crippen molar-refractivity contribution in [2.75, 3.05) is 11.9 Å². The Balaban J connectivity index is 1.61. The van der Waals surface area contributed by atoms with E-state index in [0.717, 1.165) is 5.56 Å². The second-order valence-corrected chi connectivity index (χ2v) is 12.3. The highest BCUT2D eigenvalue weighted by Gasteiger charge is 2.56. The second-order valence-electron chi connectivity index (χ2n) is 12.3. The van der Waals surface area contributed by atoms with Crippen molar-refractivity contribution in [1.82, 2.24) is 15.5 Å². The van der Waals surface area contributed by atoms with Gasteiger partial charge in [-0.05, 0) is 47.6 Å². The van der Waals surface area contributed by atoms with Gasteiger partial charge in [0.05, 0.1) is 11.5 Å². The normalized spacial score (nSPS) is 21.1. The molecule has 0 radical (unpaired) electrons. The van der Waals surface area contributed by atoms with Crippen molar-refractivity contribution in [1.29, 1.82) is 0 Å². The first-order chi connectivity index (χ1) is 19.3. The summed E-state index contributed by atoms with van der Waals surface area (Å²) in [5, 5.41) is 8.29. The number of carbonyl (C=O) groups is 5. The highest BCUT2D eigenvalue weighted by molar-refractivity contribution is 6.07. The number of halogens is 1. The first-order valence-corrected chi connectivity index (χ1v) is 13.8. The van der Waals surface area contributed by atoms with Crippen LogP contribution in [-0.2, 0) is 35.8 Å².